The molecule has 0 spiro atoms. The molecule has 0 amide bonds. The molecule has 0 atom stereocenters. The molecule has 0 unspecified atom stereocenters. The Kier molecular flexibility index (Phi) is 4.27. The quantitative estimate of drug-likeness (QED) is 0.933. The summed E-state index contributed by atoms with van der Waals surface area (Å²) in [5.41, 5.74) is 3.24. The van der Waals surface area contributed by atoms with Gasteiger partial charge in [0.2, 0.25) is 0 Å². The molecule has 96 valence electrons. The molecule has 1 aromatic heterocycles. The number of benzene rings is 1. The Morgan fingerprint density at radius 2 is 1.94 bits per heavy atom. The first kappa shape index (κ1) is 13.4. The summed E-state index contributed by atoms with van der Waals surface area (Å²) in [5.74, 6) is 0. The minimum atomic E-state index is 0.591. The molecule has 0 saturated carbocycles. The zero-order valence-electron chi connectivity index (χ0n) is 10.4. The largest absolute Gasteiger partial charge is 0.308 e. The lowest BCUT2D eigenvalue weighted by Crippen LogP contribution is -2.13. The van der Waals surface area contributed by atoms with E-state index in [2.05, 4.69) is 10.4 Å². The molecule has 0 radical (unpaired) electrons. The Balaban J connectivity index is 1.96. The highest BCUT2D eigenvalue weighted by molar-refractivity contribution is 6.42. The van der Waals surface area contributed by atoms with Gasteiger partial charge in [-0.2, -0.15) is 5.10 Å². The molecule has 5 heteroatoms. The van der Waals surface area contributed by atoms with Crippen LogP contribution in [0.25, 0.3) is 0 Å². The summed E-state index contributed by atoms with van der Waals surface area (Å²) in [5, 5.41) is 8.85. The van der Waals surface area contributed by atoms with Crippen molar-refractivity contribution in [3.63, 3.8) is 0 Å². The van der Waals surface area contributed by atoms with E-state index in [1.54, 1.807) is 6.07 Å². The second-order valence-electron chi connectivity index (χ2n) is 4.23. The van der Waals surface area contributed by atoms with Crippen LogP contribution in [0.4, 0.5) is 0 Å². The topological polar surface area (TPSA) is 29.9 Å². The van der Waals surface area contributed by atoms with Gasteiger partial charge in [0.1, 0.15) is 0 Å². The van der Waals surface area contributed by atoms with Crippen LogP contribution in [-0.2, 0) is 20.1 Å². The van der Waals surface area contributed by atoms with Crippen LogP contribution in [0.15, 0.2) is 24.4 Å². The lowest BCUT2D eigenvalue weighted by atomic mass is 10.2. The van der Waals surface area contributed by atoms with Gasteiger partial charge in [-0.1, -0.05) is 35.3 Å². The van der Waals surface area contributed by atoms with E-state index in [4.69, 9.17) is 23.2 Å². The summed E-state index contributed by atoms with van der Waals surface area (Å²) in [7, 11) is 1.92. The van der Waals surface area contributed by atoms with Crippen molar-refractivity contribution in [2.75, 3.05) is 0 Å². The third-order valence-electron chi connectivity index (χ3n) is 2.78. The van der Waals surface area contributed by atoms with Crippen LogP contribution in [-0.4, -0.2) is 9.78 Å². The van der Waals surface area contributed by atoms with E-state index in [0.717, 1.165) is 17.8 Å². The number of aromatic nitrogens is 2. The summed E-state index contributed by atoms with van der Waals surface area (Å²) in [4.78, 5) is 0. The van der Waals surface area contributed by atoms with Crippen molar-refractivity contribution in [1.82, 2.24) is 15.1 Å². The molecule has 1 aromatic carbocycles. The molecule has 0 bridgehead atoms. The summed E-state index contributed by atoms with van der Waals surface area (Å²) in [6.07, 6.45) is 2.02. The lowest BCUT2D eigenvalue weighted by molar-refractivity contribution is 0.690. The maximum atomic E-state index is 6.12. The summed E-state index contributed by atoms with van der Waals surface area (Å²) < 4.78 is 1.82. The maximum absolute atomic E-state index is 6.12. The number of aryl methyl sites for hydroxylation is 2. The predicted octanol–water partition coefficient (Wildman–Crippen LogP) is 3.33. The fraction of sp³-hybridized carbons (Fsp3) is 0.308. The van der Waals surface area contributed by atoms with Gasteiger partial charge in [-0.05, 0) is 18.6 Å². The van der Waals surface area contributed by atoms with Crippen molar-refractivity contribution >= 4 is 23.2 Å². The molecule has 1 heterocycles. The number of rotatable bonds is 4. The standard InChI is InChI=1S/C13H15Cl2N3/c1-9-11(8-18(2)17-9)7-16-6-10-4-3-5-12(14)13(10)15/h3-5,8,16H,6-7H2,1-2H3. The highest BCUT2D eigenvalue weighted by Gasteiger charge is 2.05. The van der Waals surface area contributed by atoms with Gasteiger partial charge in [-0.3, -0.25) is 4.68 Å². The monoisotopic (exact) mass is 283 g/mol. The van der Waals surface area contributed by atoms with Gasteiger partial charge in [0, 0.05) is 31.9 Å². The fourth-order valence-corrected chi connectivity index (χ4v) is 2.23. The first-order valence-corrected chi connectivity index (χ1v) is 6.46. The van der Waals surface area contributed by atoms with Crippen LogP contribution >= 0.6 is 23.2 Å². The molecule has 0 fully saturated rings. The third kappa shape index (κ3) is 3.05. The Hall–Kier alpha value is -1.03. The molecule has 0 aliphatic carbocycles. The van der Waals surface area contributed by atoms with Crippen molar-refractivity contribution in [3.8, 4) is 0 Å². The smallest absolute Gasteiger partial charge is 0.0638 e. The maximum Gasteiger partial charge on any atom is 0.0638 e. The first-order chi connectivity index (χ1) is 8.58. The highest BCUT2D eigenvalue weighted by atomic mass is 35.5. The fourth-order valence-electron chi connectivity index (χ4n) is 1.84. The number of halogens is 2. The first-order valence-electron chi connectivity index (χ1n) is 5.70. The minimum absolute atomic E-state index is 0.591. The summed E-state index contributed by atoms with van der Waals surface area (Å²) in [6, 6.07) is 5.66. The van der Waals surface area contributed by atoms with Gasteiger partial charge in [0.05, 0.1) is 15.7 Å². The van der Waals surface area contributed by atoms with Crippen LogP contribution in [0.1, 0.15) is 16.8 Å². The van der Waals surface area contributed by atoms with E-state index in [-0.39, 0.29) is 0 Å². The Bertz CT molecular complexity index is 549. The van der Waals surface area contributed by atoms with Crippen molar-refractivity contribution < 1.29 is 0 Å². The molecule has 0 aliphatic rings. The van der Waals surface area contributed by atoms with Crippen LogP contribution in [0, 0.1) is 6.92 Å². The molecule has 0 saturated heterocycles. The van der Waals surface area contributed by atoms with Crippen LogP contribution in [0.2, 0.25) is 10.0 Å². The SMILES string of the molecule is Cc1nn(C)cc1CNCc1cccc(Cl)c1Cl. The number of nitrogens with one attached hydrogen (secondary N) is 1. The summed E-state index contributed by atoms with van der Waals surface area (Å²) >= 11 is 12.1. The van der Waals surface area contributed by atoms with Gasteiger partial charge >= 0.3 is 0 Å². The number of hydrogen-bond donors (Lipinski definition) is 1. The molecule has 18 heavy (non-hydrogen) atoms. The minimum Gasteiger partial charge on any atom is -0.308 e. The average Bonchev–Trinajstić information content (AvgIpc) is 2.63. The van der Waals surface area contributed by atoms with E-state index < -0.39 is 0 Å². The zero-order valence-corrected chi connectivity index (χ0v) is 11.9. The normalized spacial score (nSPS) is 10.9. The van der Waals surface area contributed by atoms with E-state index in [0.29, 0.717) is 16.6 Å². The van der Waals surface area contributed by atoms with E-state index in [9.17, 15) is 0 Å². The van der Waals surface area contributed by atoms with Crippen molar-refractivity contribution in [1.29, 1.82) is 0 Å². The molecule has 2 aromatic rings. The second-order valence-corrected chi connectivity index (χ2v) is 5.02. The number of nitrogens with zero attached hydrogens (tertiary/aromatic N) is 2. The average molecular weight is 284 g/mol. The predicted molar refractivity (Wildman–Crippen MR) is 75.0 cm³/mol. The van der Waals surface area contributed by atoms with Crippen LogP contribution in [0.5, 0.6) is 0 Å². The van der Waals surface area contributed by atoms with Gasteiger partial charge in [-0.25, -0.2) is 0 Å². The van der Waals surface area contributed by atoms with E-state index in [1.165, 1.54) is 5.56 Å². The molecular weight excluding hydrogens is 269 g/mol. The second kappa shape index (κ2) is 5.74. The molecular formula is C13H15Cl2N3. The van der Waals surface area contributed by atoms with Gasteiger partial charge < -0.3 is 5.32 Å². The highest BCUT2D eigenvalue weighted by Crippen LogP contribution is 2.25. The lowest BCUT2D eigenvalue weighted by Gasteiger charge is -2.07. The molecule has 3 nitrogen and oxygen atoms in total. The Morgan fingerprint density at radius 1 is 1.22 bits per heavy atom. The van der Waals surface area contributed by atoms with Crippen LogP contribution < -0.4 is 5.32 Å². The van der Waals surface area contributed by atoms with Crippen molar-refractivity contribution in [2.45, 2.75) is 20.0 Å². The Labute approximate surface area is 117 Å². The molecule has 0 aliphatic heterocycles. The molecule has 1 N–H and O–H groups in total. The van der Waals surface area contributed by atoms with E-state index in [1.807, 2.05) is 37.0 Å². The summed E-state index contributed by atoms with van der Waals surface area (Å²) in [6.45, 7) is 3.46. The zero-order chi connectivity index (χ0) is 13.1. The van der Waals surface area contributed by atoms with Crippen molar-refractivity contribution in [2.24, 2.45) is 7.05 Å². The van der Waals surface area contributed by atoms with Crippen molar-refractivity contribution in [3.05, 3.63) is 51.3 Å². The van der Waals surface area contributed by atoms with Gasteiger partial charge in [0.25, 0.3) is 0 Å². The third-order valence-corrected chi connectivity index (χ3v) is 3.64. The van der Waals surface area contributed by atoms with E-state index >= 15 is 0 Å². The molecule has 2 rings (SSSR count). The Morgan fingerprint density at radius 3 is 2.61 bits per heavy atom. The van der Waals surface area contributed by atoms with Gasteiger partial charge in [-0.15, -0.1) is 0 Å². The van der Waals surface area contributed by atoms with Gasteiger partial charge in [0.15, 0.2) is 0 Å². The van der Waals surface area contributed by atoms with Crippen LogP contribution in [0.3, 0.4) is 0 Å². The number of hydrogen-bond acceptors (Lipinski definition) is 2.